The first kappa shape index (κ1) is 16.1. The molecule has 2 saturated carbocycles. The largest absolute Gasteiger partial charge is 0.462 e. The fraction of sp³-hybridized carbons (Fsp3) is 0.882. The number of rotatable bonds is 5. The van der Waals surface area contributed by atoms with Crippen molar-refractivity contribution in [1.82, 2.24) is 0 Å². The Morgan fingerprint density at radius 1 is 0.913 bits per heavy atom. The number of carbonyl (C=O) groups is 2. The molecule has 6 heteroatoms. The molecule has 0 amide bonds. The monoisotopic (exact) mass is 356 g/mol. The Morgan fingerprint density at radius 2 is 1.48 bits per heavy atom. The Labute approximate surface area is 145 Å². The van der Waals surface area contributed by atoms with Gasteiger partial charge in [0.25, 0.3) is 0 Å². The van der Waals surface area contributed by atoms with Gasteiger partial charge in [-0.1, -0.05) is 0 Å². The van der Waals surface area contributed by atoms with E-state index in [-0.39, 0.29) is 36.5 Å². The number of fused-ring (bicyclic) bond motifs is 2. The first-order valence-electron chi connectivity index (χ1n) is 8.78. The summed E-state index contributed by atoms with van der Waals surface area (Å²) in [5.41, 5.74) is 0. The molecular weight excluding hydrogens is 332 g/mol. The minimum atomic E-state index is -0.345. The Hall–Kier alpha value is -0.360. The molecule has 0 bridgehead atoms. The lowest BCUT2D eigenvalue weighted by molar-refractivity contribution is -0.164. The fourth-order valence-corrected chi connectivity index (χ4v) is 6.32. The highest BCUT2D eigenvalue weighted by Crippen LogP contribution is 2.53. The molecule has 4 aliphatic rings. The fourth-order valence-electron chi connectivity index (χ4n) is 3.88. The summed E-state index contributed by atoms with van der Waals surface area (Å²) in [7, 11) is 0. The predicted octanol–water partition coefficient (Wildman–Crippen LogP) is 3.03. The molecule has 0 aromatic heterocycles. The van der Waals surface area contributed by atoms with Crippen LogP contribution in [0.4, 0.5) is 0 Å². The van der Waals surface area contributed by atoms with Gasteiger partial charge in [0.15, 0.2) is 0 Å². The molecule has 7 unspecified atom stereocenters. The van der Waals surface area contributed by atoms with Gasteiger partial charge in [-0.3, -0.25) is 9.59 Å². The average molecular weight is 357 g/mol. The van der Waals surface area contributed by atoms with E-state index in [0.29, 0.717) is 10.5 Å². The maximum absolute atomic E-state index is 12.2. The molecule has 4 rings (SSSR count). The van der Waals surface area contributed by atoms with Crippen molar-refractivity contribution >= 4 is 35.5 Å². The smallest absolute Gasteiger partial charge is 0.309 e. The molecule has 0 radical (unpaired) electrons. The topological polar surface area (TPSA) is 52.6 Å². The summed E-state index contributed by atoms with van der Waals surface area (Å²) in [6.07, 6.45) is 5.75. The normalized spacial score (nSPS) is 42.0. The molecule has 23 heavy (non-hydrogen) atoms. The van der Waals surface area contributed by atoms with E-state index in [0.717, 1.165) is 49.0 Å². The Balaban J connectivity index is 1.16. The SMILES string of the molecule is CC(COC(=O)C1CCC2SC2C1)OC(=O)C1CCC2SC2C1. The summed E-state index contributed by atoms with van der Waals surface area (Å²) in [6, 6.07) is 0. The zero-order valence-electron chi connectivity index (χ0n) is 13.4. The standard InChI is InChI=1S/C17H24O4S2/c1-9(21-17(19)11-3-5-13-15(7-11)23-13)8-20-16(18)10-2-4-12-14(6-10)22-12/h9-15H,2-8H2,1H3. The molecule has 0 N–H and O–H groups in total. The summed E-state index contributed by atoms with van der Waals surface area (Å²) in [5, 5.41) is 2.98. The van der Waals surface area contributed by atoms with Gasteiger partial charge < -0.3 is 9.47 Å². The van der Waals surface area contributed by atoms with Gasteiger partial charge in [0.2, 0.25) is 0 Å². The summed E-state index contributed by atoms with van der Waals surface area (Å²) in [6.45, 7) is 2.01. The molecule has 2 saturated heterocycles. The van der Waals surface area contributed by atoms with Crippen molar-refractivity contribution in [2.75, 3.05) is 6.61 Å². The van der Waals surface area contributed by atoms with Gasteiger partial charge >= 0.3 is 11.9 Å². The molecule has 2 aliphatic heterocycles. The van der Waals surface area contributed by atoms with E-state index in [9.17, 15) is 9.59 Å². The van der Waals surface area contributed by atoms with E-state index in [4.69, 9.17) is 9.47 Å². The molecular formula is C17H24O4S2. The highest BCUT2D eigenvalue weighted by molar-refractivity contribution is 8.08. The maximum atomic E-state index is 12.2. The lowest BCUT2D eigenvalue weighted by Gasteiger charge is -2.23. The highest BCUT2D eigenvalue weighted by atomic mass is 32.2. The number of hydrogen-bond acceptors (Lipinski definition) is 6. The third-order valence-corrected chi connectivity index (χ3v) is 8.39. The molecule has 2 heterocycles. The van der Waals surface area contributed by atoms with Gasteiger partial charge in [-0.2, -0.15) is 23.5 Å². The van der Waals surface area contributed by atoms with Crippen molar-refractivity contribution in [3.63, 3.8) is 0 Å². The van der Waals surface area contributed by atoms with E-state index in [1.807, 2.05) is 30.4 Å². The van der Waals surface area contributed by atoms with Crippen LogP contribution in [0, 0.1) is 11.8 Å². The second-order valence-corrected chi connectivity index (χ2v) is 10.3. The van der Waals surface area contributed by atoms with E-state index in [2.05, 4.69) is 0 Å². The van der Waals surface area contributed by atoms with Gasteiger partial charge in [0.05, 0.1) is 11.8 Å². The van der Waals surface area contributed by atoms with Crippen molar-refractivity contribution in [3.05, 3.63) is 0 Å². The summed E-state index contributed by atoms with van der Waals surface area (Å²) in [5.74, 6) is -0.106. The molecule has 2 aliphatic carbocycles. The first-order chi connectivity index (χ1) is 11.1. The van der Waals surface area contributed by atoms with E-state index in [1.54, 1.807) is 0 Å². The van der Waals surface area contributed by atoms with Crippen LogP contribution in [0.15, 0.2) is 0 Å². The van der Waals surface area contributed by atoms with Crippen molar-refractivity contribution in [2.24, 2.45) is 11.8 Å². The zero-order valence-corrected chi connectivity index (χ0v) is 15.1. The number of carbonyl (C=O) groups excluding carboxylic acids is 2. The van der Waals surface area contributed by atoms with Crippen molar-refractivity contribution in [3.8, 4) is 0 Å². The lowest BCUT2D eigenvalue weighted by Crippen LogP contribution is -2.31. The van der Waals surface area contributed by atoms with Crippen LogP contribution in [0.5, 0.6) is 0 Å². The summed E-state index contributed by atoms with van der Waals surface area (Å²) in [4.78, 5) is 24.3. The number of thioether (sulfide) groups is 2. The molecule has 4 fully saturated rings. The summed E-state index contributed by atoms with van der Waals surface area (Å²) >= 11 is 3.99. The van der Waals surface area contributed by atoms with E-state index >= 15 is 0 Å². The molecule has 7 atom stereocenters. The van der Waals surface area contributed by atoms with Gasteiger partial charge in [-0.15, -0.1) is 0 Å². The maximum Gasteiger partial charge on any atom is 0.309 e. The van der Waals surface area contributed by atoms with Crippen LogP contribution in [0.2, 0.25) is 0 Å². The van der Waals surface area contributed by atoms with Crippen LogP contribution in [0.3, 0.4) is 0 Å². The van der Waals surface area contributed by atoms with Crippen molar-refractivity contribution < 1.29 is 19.1 Å². The average Bonchev–Trinajstić information content (AvgIpc) is 3.44. The van der Waals surface area contributed by atoms with E-state index in [1.165, 1.54) is 0 Å². The van der Waals surface area contributed by atoms with Crippen LogP contribution < -0.4 is 0 Å². The molecule has 0 aromatic carbocycles. The third-order valence-electron chi connectivity index (χ3n) is 5.45. The first-order valence-corrected chi connectivity index (χ1v) is 10.7. The lowest BCUT2D eigenvalue weighted by atomic mass is 9.89. The number of ether oxygens (including phenoxy) is 2. The molecule has 0 aromatic rings. The van der Waals surface area contributed by atoms with Crippen molar-refractivity contribution in [1.29, 1.82) is 0 Å². The minimum absolute atomic E-state index is 0.0478. The second kappa shape index (κ2) is 6.51. The third kappa shape index (κ3) is 3.84. The Bertz CT molecular complexity index is 497. The predicted molar refractivity (Wildman–Crippen MR) is 91.5 cm³/mol. The van der Waals surface area contributed by atoms with Crippen LogP contribution >= 0.6 is 23.5 Å². The van der Waals surface area contributed by atoms with E-state index < -0.39 is 0 Å². The zero-order chi connectivity index (χ0) is 16.0. The summed E-state index contributed by atoms with van der Waals surface area (Å²) < 4.78 is 10.9. The van der Waals surface area contributed by atoms with Gasteiger partial charge in [0.1, 0.15) is 12.7 Å². The molecule has 128 valence electrons. The Morgan fingerprint density at radius 3 is 2.04 bits per heavy atom. The van der Waals surface area contributed by atoms with Crippen LogP contribution in [-0.4, -0.2) is 45.6 Å². The minimum Gasteiger partial charge on any atom is -0.462 e. The van der Waals surface area contributed by atoms with Gasteiger partial charge in [-0.25, -0.2) is 0 Å². The van der Waals surface area contributed by atoms with Gasteiger partial charge in [-0.05, 0) is 45.4 Å². The molecule has 0 spiro atoms. The number of hydrogen-bond donors (Lipinski definition) is 0. The van der Waals surface area contributed by atoms with Crippen LogP contribution in [-0.2, 0) is 19.1 Å². The molecule has 4 nitrogen and oxygen atoms in total. The highest BCUT2D eigenvalue weighted by Gasteiger charge is 2.46. The van der Waals surface area contributed by atoms with Crippen molar-refractivity contribution in [2.45, 2.75) is 72.6 Å². The number of esters is 2. The quantitative estimate of drug-likeness (QED) is 0.557. The van der Waals surface area contributed by atoms with Gasteiger partial charge in [0, 0.05) is 21.0 Å². The van der Waals surface area contributed by atoms with Crippen LogP contribution in [0.1, 0.15) is 45.4 Å². The van der Waals surface area contributed by atoms with Crippen LogP contribution in [0.25, 0.3) is 0 Å². The Kier molecular flexibility index (Phi) is 4.56. The second-order valence-electron chi connectivity index (χ2n) is 7.32.